The average Bonchev–Trinajstić information content (AvgIpc) is 2.79. The number of para-hydroxylation sites is 1. The van der Waals surface area contributed by atoms with E-state index in [2.05, 4.69) is 16.7 Å². The number of halogens is 1. The number of rotatable bonds is 8. The molecular formula is C23H32ClN3O3. The van der Waals surface area contributed by atoms with E-state index in [4.69, 9.17) is 16.3 Å². The first-order valence-electron chi connectivity index (χ1n) is 10.3. The quantitative estimate of drug-likeness (QED) is 0.648. The van der Waals surface area contributed by atoms with Gasteiger partial charge in [0.05, 0.1) is 0 Å². The summed E-state index contributed by atoms with van der Waals surface area (Å²) in [5.74, 6) is 0.740. The number of nitrogens with zero attached hydrogens (tertiary/aromatic N) is 3. The Morgan fingerprint density at radius 3 is 2.23 bits per heavy atom. The predicted octanol–water partition coefficient (Wildman–Crippen LogP) is 3.00. The number of hydrogen-bond acceptors (Lipinski definition) is 5. The number of aliphatic hydroxyl groups excluding tert-OH is 1. The van der Waals surface area contributed by atoms with Crippen molar-refractivity contribution >= 4 is 23.7 Å². The van der Waals surface area contributed by atoms with Crippen LogP contribution in [0.4, 0.5) is 5.69 Å². The van der Waals surface area contributed by atoms with Crippen molar-refractivity contribution in [3.05, 3.63) is 59.6 Å². The van der Waals surface area contributed by atoms with E-state index in [0.717, 1.165) is 50.6 Å². The number of carbonyl (C=O) groups excluding carboxylic acids is 1. The van der Waals surface area contributed by atoms with Crippen LogP contribution in [0, 0.1) is 0 Å². The van der Waals surface area contributed by atoms with Crippen LogP contribution < -0.4 is 9.64 Å². The van der Waals surface area contributed by atoms with Crippen LogP contribution in [0.15, 0.2) is 54.6 Å². The Bertz CT molecular complexity index is 722. The molecule has 2 aromatic carbocycles. The van der Waals surface area contributed by atoms with Gasteiger partial charge in [0, 0.05) is 50.5 Å². The van der Waals surface area contributed by atoms with E-state index in [9.17, 15) is 9.90 Å². The van der Waals surface area contributed by atoms with Crippen LogP contribution >= 0.6 is 11.6 Å². The van der Waals surface area contributed by atoms with Crippen molar-refractivity contribution in [3.63, 3.8) is 0 Å². The lowest BCUT2D eigenvalue weighted by atomic mass is 10.2. The fourth-order valence-corrected chi connectivity index (χ4v) is 3.21. The van der Waals surface area contributed by atoms with Gasteiger partial charge in [-0.25, -0.2) is 0 Å². The Kier molecular flexibility index (Phi) is 10.7. The second-order valence-corrected chi connectivity index (χ2v) is 7.64. The summed E-state index contributed by atoms with van der Waals surface area (Å²) in [6.07, 6.45) is 0.328. The fraction of sp³-hybridized carbons (Fsp3) is 0.435. The number of hydrogen-bond donors (Lipinski definition) is 1. The Hall–Kier alpha value is -2.12. The zero-order chi connectivity index (χ0) is 21.8. The third-order valence-corrected chi connectivity index (χ3v) is 5.21. The molecule has 164 valence electrons. The predicted molar refractivity (Wildman–Crippen MR) is 122 cm³/mol. The van der Waals surface area contributed by atoms with E-state index >= 15 is 0 Å². The molecule has 0 spiro atoms. The van der Waals surface area contributed by atoms with Gasteiger partial charge in [-0.15, -0.1) is 0 Å². The summed E-state index contributed by atoms with van der Waals surface area (Å²) in [5.41, 5.74) is 0.914. The molecule has 6 nitrogen and oxygen atoms in total. The summed E-state index contributed by atoms with van der Waals surface area (Å²) in [6.45, 7) is 8.49. The molecule has 2 aromatic rings. The second-order valence-electron chi connectivity index (χ2n) is 7.21. The molecule has 1 atom stereocenters. The van der Waals surface area contributed by atoms with Crippen molar-refractivity contribution in [2.75, 3.05) is 57.8 Å². The molecule has 0 aromatic heterocycles. The molecule has 1 N–H and O–H groups in total. The largest absolute Gasteiger partial charge is 0.491 e. The lowest BCUT2D eigenvalue weighted by Crippen LogP contribution is -2.49. The van der Waals surface area contributed by atoms with Crippen molar-refractivity contribution in [2.24, 2.45) is 0 Å². The van der Waals surface area contributed by atoms with Gasteiger partial charge in [-0.2, -0.15) is 0 Å². The first kappa shape index (κ1) is 24.2. The number of ether oxygens (including phenoxy) is 1. The monoisotopic (exact) mass is 433 g/mol. The van der Waals surface area contributed by atoms with Gasteiger partial charge in [0.2, 0.25) is 6.41 Å². The van der Waals surface area contributed by atoms with Crippen molar-refractivity contribution in [2.45, 2.75) is 13.0 Å². The van der Waals surface area contributed by atoms with Crippen molar-refractivity contribution in [1.82, 2.24) is 9.80 Å². The van der Waals surface area contributed by atoms with Crippen LogP contribution in [0.2, 0.25) is 5.02 Å². The van der Waals surface area contributed by atoms with E-state index < -0.39 is 6.10 Å². The highest BCUT2D eigenvalue weighted by Crippen LogP contribution is 2.15. The number of anilines is 1. The van der Waals surface area contributed by atoms with Crippen LogP contribution in [0.3, 0.4) is 0 Å². The van der Waals surface area contributed by atoms with Crippen molar-refractivity contribution < 1.29 is 14.6 Å². The molecule has 30 heavy (non-hydrogen) atoms. The normalized spacial score (nSPS) is 15.6. The molecule has 0 bridgehead atoms. The molecule has 1 saturated heterocycles. The number of β-amino-alcohol motifs (C(OH)–C–C–N with tert-alkyl or cyclic N) is 1. The molecule has 1 unspecified atom stereocenters. The number of carbonyl (C=O) groups is 1. The minimum Gasteiger partial charge on any atom is -0.491 e. The smallest absolute Gasteiger partial charge is 0.213 e. The van der Waals surface area contributed by atoms with Crippen LogP contribution in [0.25, 0.3) is 0 Å². The maximum atomic E-state index is 10.2. The number of benzene rings is 2. The zero-order valence-electron chi connectivity index (χ0n) is 17.8. The SMILES string of the molecule is CCN1CCN(CC(O)COc2ccc(Cl)cc2)CC1.CN(C=O)c1ccccc1. The molecular weight excluding hydrogens is 402 g/mol. The van der Waals surface area contributed by atoms with Gasteiger partial charge in [-0.1, -0.05) is 36.7 Å². The summed E-state index contributed by atoms with van der Waals surface area (Å²) < 4.78 is 5.56. The Morgan fingerprint density at radius 2 is 1.67 bits per heavy atom. The van der Waals surface area contributed by atoms with Gasteiger partial charge < -0.3 is 19.6 Å². The van der Waals surface area contributed by atoms with Gasteiger partial charge in [-0.3, -0.25) is 9.69 Å². The molecule has 3 rings (SSSR count). The highest BCUT2D eigenvalue weighted by Gasteiger charge is 2.18. The molecule has 0 aliphatic carbocycles. The number of likely N-dealkylation sites (N-methyl/N-ethyl adjacent to an activating group) is 1. The summed E-state index contributed by atoms with van der Waals surface area (Å²) in [4.78, 5) is 16.5. The molecule has 1 aliphatic heterocycles. The van der Waals surface area contributed by atoms with E-state index in [1.807, 2.05) is 42.5 Å². The first-order valence-corrected chi connectivity index (χ1v) is 10.6. The fourth-order valence-electron chi connectivity index (χ4n) is 3.09. The molecule has 1 heterocycles. The average molecular weight is 434 g/mol. The molecule has 1 fully saturated rings. The van der Waals surface area contributed by atoms with Gasteiger partial charge in [0.25, 0.3) is 0 Å². The molecule has 1 amide bonds. The Morgan fingerprint density at radius 1 is 1.07 bits per heavy atom. The van der Waals surface area contributed by atoms with Gasteiger partial charge in [0.15, 0.2) is 0 Å². The second kappa shape index (κ2) is 13.2. The third kappa shape index (κ3) is 8.71. The first-order chi connectivity index (χ1) is 14.5. The Labute approximate surface area is 184 Å². The van der Waals surface area contributed by atoms with Crippen molar-refractivity contribution in [3.8, 4) is 5.75 Å². The number of aliphatic hydroxyl groups is 1. The van der Waals surface area contributed by atoms with E-state index in [1.54, 1.807) is 19.2 Å². The van der Waals surface area contributed by atoms with Gasteiger partial charge in [-0.05, 0) is 42.9 Å². The standard InChI is InChI=1S/C15H23ClN2O2.C8H9NO/c1-2-17-7-9-18(10-8-17)11-14(19)12-20-15-5-3-13(16)4-6-15;1-9(7-10)8-5-3-2-4-6-8/h3-6,14,19H,2,7-12H2,1H3;2-7H,1H3. The maximum Gasteiger partial charge on any atom is 0.213 e. The zero-order valence-corrected chi connectivity index (χ0v) is 18.5. The topological polar surface area (TPSA) is 56.2 Å². The molecule has 0 saturated carbocycles. The van der Waals surface area contributed by atoms with Crippen LogP contribution in [-0.4, -0.2) is 80.3 Å². The lowest BCUT2D eigenvalue weighted by Gasteiger charge is -2.34. The summed E-state index contributed by atoms with van der Waals surface area (Å²) in [7, 11) is 1.72. The number of amides is 1. The van der Waals surface area contributed by atoms with E-state index in [0.29, 0.717) is 18.2 Å². The van der Waals surface area contributed by atoms with E-state index in [1.165, 1.54) is 4.90 Å². The maximum absolute atomic E-state index is 10.2. The van der Waals surface area contributed by atoms with Crippen LogP contribution in [0.5, 0.6) is 5.75 Å². The van der Waals surface area contributed by atoms with Crippen LogP contribution in [0.1, 0.15) is 6.92 Å². The molecule has 1 aliphatic rings. The van der Waals surface area contributed by atoms with Gasteiger partial charge in [0.1, 0.15) is 18.5 Å². The minimum atomic E-state index is -0.459. The lowest BCUT2D eigenvalue weighted by molar-refractivity contribution is -0.107. The van der Waals surface area contributed by atoms with E-state index in [-0.39, 0.29) is 0 Å². The summed E-state index contributed by atoms with van der Waals surface area (Å²) in [6, 6.07) is 16.7. The molecule has 0 radical (unpaired) electrons. The highest BCUT2D eigenvalue weighted by atomic mass is 35.5. The third-order valence-electron chi connectivity index (χ3n) is 4.96. The summed E-state index contributed by atoms with van der Waals surface area (Å²) in [5, 5.41) is 10.7. The van der Waals surface area contributed by atoms with Gasteiger partial charge >= 0.3 is 0 Å². The number of piperazine rings is 1. The molecule has 7 heteroatoms. The summed E-state index contributed by atoms with van der Waals surface area (Å²) >= 11 is 5.81. The van der Waals surface area contributed by atoms with Crippen LogP contribution in [-0.2, 0) is 4.79 Å². The highest BCUT2D eigenvalue weighted by molar-refractivity contribution is 6.30. The Balaban J connectivity index is 0.000000269. The van der Waals surface area contributed by atoms with Crippen molar-refractivity contribution in [1.29, 1.82) is 0 Å². The minimum absolute atomic E-state index is 0.315.